The van der Waals surface area contributed by atoms with Crippen LogP contribution in [0.5, 0.6) is 0 Å². The molecule has 1 aliphatic rings. The quantitative estimate of drug-likeness (QED) is 0.246. The fourth-order valence-electron chi connectivity index (χ4n) is 4.76. The molecular weight excluding hydrogens is 502 g/mol. The van der Waals surface area contributed by atoms with Crippen molar-refractivity contribution >= 4 is 50.8 Å². The number of ketones is 2. The van der Waals surface area contributed by atoms with Crippen LogP contribution in [0.15, 0.2) is 90.7 Å². The van der Waals surface area contributed by atoms with Crippen LogP contribution in [0, 0.1) is 5.41 Å². The first-order valence-electron chi connectivity index (χ1n) is 12.0. The molecule has 0 bridgehead atoms. The van der Waals surface area contributed by atoms with Crippen LogP contribution >= 0.6 is 22.9 Å². The minimum absolute atomic E-state index is 0.0627. The first-order valence-corrected chi connectivity index (χ1v) is 13.2. The highest BCUT2D eigenvalue weighted by molar-refractivity contribution is 7.18. The molecule has 0 unspecified atom stereocenters. The molecule has 4 nitrogen and oxygen atoms in total. The molecule has 0 amide bonds. The monoisotopic (exact) mass is 527 g/mol. The molecule has 37 heavy (non-hydrogen) atoms. The fourth-order valence-corrected chi connectivity index (χ4v) is 6.28. The first kappa shape index (κ1) is 25.0. The van der Waals surface area contributed by atoms with Gasteiger partial charge in [0.15, 0.2) is 11.6 Å². The van der Waals surface area contributed by atoms with Crippen LogP contribution in [0.25, 0.3) is 16.7 Å². The summed E-state index contributed by atoms with van der Waals surface area (Å²) in [5.74, 6) is -0.279. The van der Waals surface area contributed by atoms with E-state index in [-0.39, 0.29) is 22.7 Å². The number of hydrogen-bond donors (Lipinski definition) is 2. The number of para-hydroxylation sites is 1. The highest BCUT2D eigenvalue weighted by Crippen LogP contribution is 2.49. The summed E-state index contributed by atoms with van der Waals surface area (Å²) >= 11 is 7.56. The van der Waals surface area contributed by atoms with Crippen molar-refractivity contribution in [3.05, 3.63) is 112 Å². The lowest BCUT2D eigenvalue weighted by atomic mass is 9.75. The Morgan fingerprint density at radius 2 is 1.62 bits per heavy atom. The lowest BCUT2D eigenvalue weighted by molar-refractivity contribution is -0.116. The minimum atomic E-state index is -0.334. The lowest BCUT2D eigenvalue weighted by Crippen LogP contribution is -2.25. The van der Waals surface area contributed by atoms with Crippen LogP contribution in [0.4, 0.5) is 10.7 Å². The van der Waals surface area contributed by atoms with Gasteiger partial charge in [0.2, 0.25) is 0 Å². The van der Waals surface area contributed by atoms with Crippen LogP contribution in [0.1, 0.15) is 47.5 Å². The second kappa shape index (κ2) is 10.0. The zero-order valence-corrected chi connectivity index (χ0v) is 22.1. The van der Waals surface area contributed by atoms with Crippen LogP contribution in [0.3, 0.4) is 0 Å². The normalized spacial score (nSPS) is 15.1. The highest BCUT2D eigenvalue weighted by atomic mass is 35.5. The maximum Gasteiger partial charge on any atom is 0.196 e. The van der Waals surface area contributed by atoms with Crippen LogP contribution < -0.4 is 5.32 Å². The second-order valence-electron chi connectivity index (χ2n) is 9.97. The average Bonchev–Trinajstić information content (AvgIpc) is 3.21. The lowest BCUT2D eigenvalue weighted by Gasteiger charge is -2.29. The summed E-state index contributed by atoms with van der Waals surface area (Å²) < 4.78 is 0. The molecule has 2 N–H and O–H groups in total. The van der Waals surface area contributed by atoms with E-state index >= 15 is 0 Å². The number of halogens is 1. The Hall–Kier alpha value is -3.67. The van der Waals surface area contributed by atoms with E-state index in [0.717, 1.165) is 11.3 Å². The third-order valence-electron chi connectivity index (χ3n) is 6.40. The van der Waals surface area contributed by atoms with Crippen molar-refractivity contribution < 1.29 is 14.7 Å². The van der Waals surface area contributed by atoms with Gasteiger partial charge in [-0.2, -0.15) is 0 Å². The molecule has 6 heteroatoms. The third kappa shape index (κ3) is 5.10. The van der Waals surface area contributed by atoms with Gasteiger partial charge in [0.1, 0.15) is 10.8 Å². The van der Waals surface area contributed by atoms with Gasteiger partial charge in [-0.05, 0) is 35.2 Å². The molecule has 1 heterocycles. The maximum atomic E-state index is 14.1. The molecule has 4 aromatic rings. The number of thiophene rings is 1. The van der Waals surface area contributed by atoms with Crippen molar-refractivity contribution in [3.63, 3.8) is 0 Å². The Kier molecular flexibility index (Phi) is 6.76. The van der Waals surface area contributed by atoms with Gasteiger partial charge in [-0.25, -0.2) is 0 Å². The number of benzene rings is 3. The third-order valence-corrected chi connectivity index (χ3v) is 7.75. The number of nitrogens with one attached hydrogen (secondary N) is 1. The molecule has 186 valence electrons. The van der Waals surface area contributed by atoms with Crippen LogP contribution in [0.2, 0.25) is 5.02 Å². The standard InChI is InChI=1S/C31H26ClNO3S/c1-31(2)17-23(34)26(24(35)18-31)29-25(19-10-5-3-6-11-19)27(28(36)20-12-9-13-21(32)16-20)30(37-29)33-22-14-7-4-8-15-22/h3-16,33-34H,17-18H2,1-2H3. The van der Waals surface area contributed by atoms with Crippen molar-refractivity contribution in [2.75, 3.05) is 5.32 Å². The zero-order valence-electron chi connectivity index (χ0n) is 20.5. The second-order valence-corrected chi connectivity index (χ2v) is 11.4. The van der Waals surface area contributed by atoms with Crippen molar-refractivity contribution in [2.45, 2.75) is 26.7 Å². The van der Waals surface area contributed by atoms with Crippen molar-refractivity contribution in [2.24, 2.45) is 5.41 Å². The summed E-state index contributed by atoms with van der Waals surface area (Å²) in [5.41, 5.74) is 3.07. The van der Waals surface area contributed by atoms with E-state index in [1.807, 2.05) is 74.5 Å². The summed E-state index contributed by atoms with van der Waals surface area (Å²) in [7, 11) is 0. The van der Waals surface area contributed by atoms with Crippen molar-refractivity contribution in [1.29, 1.82) is 0 Å². The number of carbonyl (C=O) groups is 2. The van der Waals surface area contributed by atoms with Gasteiger partial charge < -0.3 is 10.4 Å². The van der Waals surface area contributed by atoms with Gasteiger partial charge >= 0.3 is 0 Å². The Balaban J connectivity index is 1.80. The predicted molar refractivity (Wildman–Crippen MR) is 152 cm³/mol. The van der Waals surface area contributed by atoms with Crippen molar-refractivity contribution in [1.82, 2.24) is 0 Å². The zero-order chi connectivity index (χ0) is 26.2. The fraction of sp³-hybridized carbons (Fsp3) is 0.161. The SMILES string of the molecule is CC1(C)CC(=O)C(c2sc(Nc3ccccc3)c(C(=O)c3cccc(Cl)c3)c2-c2ccccc2)=C(O)C1. The largest absolute Gasteiger partial charge is 0.511 e. The van der Waals surface area contributed by atoms with Gasteiger partial charge in [0, 0.05) is 34.7 Å². The van der Waals surface area contributed by atoms with E-state index < -0.39 is 0 Å². The maximum absolute atomic E-state index is 14.1. The summed E-state index contributed by atoms with van der Waals surface area (Å²) in [6, 6.07) is 26.0. The van der Waals surface area contributed by atoms with Crippen LogP contribution in [-0.4, -0.2) is 16.7 Å². The van der Waals surface area contributed by atoms with E-state index in [4.69, 9.17) is 11.6 Å². The Bertz CT molecular complexity index is 1520. The van der Waals surface area contributed by atoms with Gasteiger partial charge in [-0.15, -0.1) is 11.3 Å². The Labute approximate surface area is 225 Å². The van der Waals surface area contributed by atoms with E-state index in [1.165, 1.54) is 11.3 Å². The average molecular weight is 528 g/mol. The molecule has 1 aliphatic carbocycles. The van der Waals surface area contributed by atoms with Gasteiger partial charge in [0.05, 0.1) is 16.0 Å². The molecule has 0 saturated heterocycles. The number of aliphatic hydroxyl groups excluding tert-OH is 1. The van der Waals surface area contributed by atoms with Gasteiger partial charge in [-0.3, -0.25) is 9.59 Å². The molecule has 0 fully saturated rings. The van der Waals surface area contributed by atoms with E-state index in [9.17, 15) is 14.7 Å². The number of carbonyl (C=O) groups excluding carboxylic acids is 2. The number of rotatable bonds is 6. The molecule has 0 radical (unpaired) electrons. The van der Waals surface area contributed by atoms with E-state index in [2.05, 4.69) is 5.32 Å². The molecule has 1 aromatic heterocycles. The van der Waals surface area contributed by atoms with Gasteiger partial charge in [0.25, 0.3) is 0 Å². The van der Waals surface area contributed by atoms with Crippen LogP contribution in [-0.2, 0) is 4.79 Å². The minimum Gasteiger partial charge on any atom is -0.511 e. The summed E-state index contributed by atoms with van der Waals surface area (Å²) in [6.45, 7) is 3.95. The molecule has 0 atom stereocenters. The summed E-state index contributed by atoms with van der Waals surface area (Å²) in [5, 5.41) is 15.6. The number of hydrogen-bond acceptors (Lipinski definition) is 5. The smallest absolute Gasteiger partial charge is 0.196 e. The van der Waals surface area contributed by atoms with E-state index in [1.54, 1.807) is 24.3 Å². The molecule has 0 spiro atoms. The predicted octanol–water partition coefficient (Wildman–Crippen LogP) is 8.70. The molecule has 5 rings (SSSR count). The Morgan fingerprint density at radius 1 is 0.946 bits per heavy atom. The number of anilines is 2. The summed E-state index contributed by atoms with van der Waals surface area (Å²) in [4.78, 5) is 28.1. The number of allylic oxidation sites excluding steroid dienone is 2. The topological polar surface area (TPSA) is 66.4 Å². The highest BCUT2D eigenvalue weighted by Gasteiger charge is 2.37. The van der Waals surface area contributed by atoms with Crippen molar-refractivity contribution in [3.8, 4) is 11.1 Å². The van der Waals surface area contributed by atoms with E-state index in [0.29, 0.717) is 50.0 Å². The number of aliphatic hydroxyl groups is 1. The number of Topliss-reactive ketones (excluding diaryl/α,β-unsaturated/α-hetero) is 1. The first-order chi connectivity index (χ1) is 17.7. The molecule has 0 aliphatic heterocycles. The molecule has 3 aromatic carbocycles. The molecular formula is C31H26ClNO3S. The Morgan fingerprint density at radius 3 is 2.27 bits per heavy atom. The molecule has 0 saturated carbocycles. The summed E-state index contributed by atoms with van der Waals surface area (Å²) in [6.07, 6.45) is 0.705. The van der Waals surface area contributed by atoms with Gasteiger partial charge in [-0.1, -0.05) is 86.1 Å².